The number of nitrogens with zero attached hydrogens (tertiary/aromatic N) is 2. The summed E-state index contributed by atoms with van der Waals surface area (Å²) >= 11 is 0. The fourth-order valence-corrected chi connectivity index (χ4v) is 5.16. The van der Waals surface area contributed by atoms with E-state index in [1.165, 1.54) is 37.9 Å². The number of carbonyl (C=O) groups excluding carboxylic acids is 1. The molecule has 1 N–H and O–H groups in total. The van der Waals surface area contributed by atoms with E-state index in [-0.39, 0.29) is 5.91 Å². The quantitative estimate of drug-likeness (QED) is 0.686. The highest BCUT2D eigenvalue weighted by Crippen LogP contribution is 2.30. The van der Waals surface area contributed by atoms with Crippen LogP contribution in [0.2, 0.25) is 0 Å². The molecule has 2 aromatic rings. The van der Waals surface area contributed by atoms with Crippen molar-refractivity contribution in [2.75, 3.05) is 38.6 Å². The van der Waals surface area contributed by atoms with Crippen molar-refractivity contribution in [2.45, 2.75) is 44.7 Å². The van der Waals surface area contributed by atoms with Crippen LogP contribution >= 0.6 is 0 Å². The molecular formula is C26H35N3O2. The Hall–Kier alpha value is -2.37. The molecule has 1 amide bonds. The first-order chi connectivity index (χ1) is 15.2. The van der Waals surface area contributed by atoms with E-state index < -0.39 is 0 Å². The fourth-order valence-electron chi connectivity index (χ4n) is 5.16. The number of amides is 1. The lowest BCUT2D eigenvalue weighted by Crippen LogP contribution is -2.50. The molecular weight excluding hydrogens is 386 g/mol. The molecule has 0 saturated carbocycles. The van der Waals surface area contributed by atoms with Crippen molar-refractivity contribution in [3.63, 3.8) is 0 Å². The molecule has 0 unspecified atom stereocenters. The lowest BCUT2D eigenvalue weighted by Gasteiger charge is -2.43. The number of anilines is 1. The van der Waals surface area contributed by atoms with Gasteiger partial charge in [0.25, 0.3) is 0 Å². The van der Waals surface area contributed by atoms with Gasteiger partial charge in [-0.25, -0.2) is 0 Å². The second kappa shape index (κ2) is 10.8. The monoisotopic (exact) mass is 421 g/mol. The average molecular weight is 422 g/mol. The third-order valence-corrected chi connectivity index (χ3v) is 6.73. The molecule has 5 heteroatoms. The topological polar surface area (TPSA) is 44.8 Å². The summed E-state index contributed by atoms with van der Waals surface area (Å²) in [7, 11) is 1.64. The van der Waals surface area contributed by atoms with Crippen LogP contribution in [-0.2, 0) is 11.3 Å². The van der Waals surface area contributed by atoms with E-state index in [0.29, 0.717) is 18.4 Å². The van der Waals surface area contributed by atoms with Crippen LogP contribution in [0.1, 0.15) is 37.7 Å². The highest BCUT2D eigenvalue weighted by atomic mass is 16.5. The molecule has 0 aliphatic carbocycles. The van der Waals surface area contributed by atoms with Crippen LogP contribution in [0.3, 0.4) is 0 Å². The van der Waals surface area contributed by atoms with Crippen LogP contribution < -0.4 is 10.1 Å². The van der Waals surface area contributed by atoms with Gasteiger partial charge in [-0.3, -0.25) is 9.69 Å². The van der Waals surface area contributed by atoms with Crippen LogP contribution in [0, 0.1) is 5.92 Å². The summed E-state index contributed by atoms with van der Waals surface area (Å²) in [5.41, 5.74) is 2.17. The van der Waals surface area contributed by atoms with Gasteiger partial charge in [0, 0.05) is 37.3 Å². The molecule has 0 aromatic heterocycles. The smallest absolute Gasteiger partial charge is 0.224 e. The minimum Gasteiger partial charge on any atom is -0.497 e. The number of methoxy groups -OCH3 is 1. The lowest BCUT2D eigenvalue weighted by atomic mass is 9.86. The van der Waals surface area contributed by atoms with Gasteiger partial charge < -0.3 is 15.0 Å². The van der Waals surface area contributed by atoms with Crippen molar-refractivity contribution in [3.8, 4) is 5.75 Å². The molecule has 0 bridgehead atoms. The maximum absolute atomic E-state index is 12.7. The Morgan fingerprint density at radius 2 is 1.87 bits per heavy atom. The number of benzene rings is 2. The van der Waals surface area contributed by atoms with Gasteiger partial charge in [-0.05, 0) is 68.9 Å². The van der Waals surface area contributed by atoms with E-state index in [1.807, 2.05) is 24.3 Å². The third kappa shape index (κ3) is 6.08. The number of hydrogen-bond donors (Lipinski definition) is 1. The predicted molar refractivity (Wildman–Crippen MR) is 125 cm³/mol. The molecule has 2 fully saturated rings. The average Bonchev–Trinajstić information content (AvgIpc) is 3.33. The first-order valence-corrected chi connectivity index (χ1v) is 11.7. The van der Waals surface area contributed by atoms with Crippen molar-refractivity contribution in [2.24, 2.45) is 5.92 Å². The summed E-state index contributed by atoms with van der Waals surface area (Å²) in [4.78, 5) is 17.9. The normalized spacial score (nSPS) is 22.4. The Kier molecular flexibility index (Phi) is 7.60. The Morgan fingerprint density at radius 3 is 2.65 bits per heavy atom. The molecule has 2 aromatic carbocycles. The Bertz CT molecular complexity index is 836. The molecule has 2 aliphatic rings. The van der Waals surface area contributed by atoms with Crippen LogP contribution in [-0.4, -0.2) is 55.0 Å². The zero-order valence-electron chi connectivity index (χ0n) is 18.6. The number of likely N-dealkylation sites (tertiary alicyclic amines) is 2. The lowest BCUT2D eigenvalue weighted by molar-refractivity contribution is -0.116. The molecule has 5 nitrogen and oxygen atoms in total. The van der Waals surface area contributed by atoms with Crippen molar-refractivity contribution in [3.05, 3.63) is 60.2 Å². The number of piperidine rings is 1. The summed E-state index contributed by atoms with van der Waals surface area (Å²) in [6.07, 6.45) is 5.32. The first-order valence-electron chi connectivity index (χ1n) is 11.7. The van der Waals surface area contributed by atoms with Gasteiger partial charge in [-0.2, -0.15) is 0 Å². The molecule has 166 valence electrons. The largest absolute Gasteiger partial charge is 0.497 e. The van der Waals surface area contributed by atoms with Gasteiger partial charge in [-0.1, -0.05) is 36.4 Å². The van der Waals surface area contributed by atoms with E-state index in [1.54, 1.807) is 7.11 Å². The standard InChI is InChI=1S/C26H35N3O2/c1-31-24-11-7-10-23(18-24)27-26(30)13-12-22-20-28(19-21-8-3-2-4-9-21)17-14-25(22)29-15-5-6-16-29/h2-4,7-11,18,22,25H,5-6,12-17,19-20H2,1H3,(H,27,30)/t22-,25+/m0/s1. The molecule has 2 atom stereocenters. The fraction of sp³-hybridized carbons (Fsp3) is 0.500. The van der Waals surface area contributed by atoms with Gasteiger partial charge in [0.05, 0.1) is 7.11 Å². The van der Waals surface area contributed by atoms with Crippen molar-refractivity contribution in [1.82, 2.24) is 9.80 Å². The van der Waals surface area contributed by atoms with E-state index in [0.717, 1.165) is 37.5 Å². The summed E-state index contributed by atoms with van der Waals surface area (Å²) in [5, 5.41) is 3.05. The predicted octanol–water partition coefficient (Wildman–Crippen LogP) is 4.40. The number of rotatable bonds is 8. The second-order valence-electron chi connectivity index (χ2n) is 8.90. The van der Waals surface area contributed by atoms with E-state index >= 15 is 0 Å². The number of hydrogen-bond acceptors (Lipinski definition) is 4. The maximum Gasteiger partial charge on any atom is 0.224 e. The minimum absolute atomic E-state index is 0.0913. The number of nitrogens with one attached hydrogen (secondary N) is 1. The molecule has 0 radical (unpaired) electrons. The van der Waals surface area contributed by atoms with Crippen LogP contribution in [0.15, 0.2) is 54.6 Å². The highest BCUT2D eigenvalue weighted by molar-refractivity contribution is 5.90. The van der Waals surface area contributed by atoms with E-state index in [4.69, 9.17) is 4.74 Å². The van der Waals surface area contributed by atoms with E-state index in [2.05, 4.69) is 45.4 Å². The van der Waals surface area contributed by atoms with Crippen molar-refractivity contribution in [1.29, 1.82) is 0 Å². The summed E-state index contributed by atoms with van der Waals surface area (Å²) in [5.74, 6) is 1.39. The molecule has 0 spiro atoms. The number of carbonyl (C=O) groups is 1. The molecule has 2 heterocycles. The summed E-state index contributed by atoms with van der Waals surface area (Å²) in [6, 6.07) is 18.9. The van der Waals surface area contributed by atoms with Gasteiger partial charge in [0.15, 0.2) is 0 Å². The van der Waals surface area contributed by atoms with Gasteiger partial charge in [0.2, 0.25) is 5.91 Å². The molecule has 31 heavy (non-hydrogen) atoms. The summed E-state index contributed by atoms with van der Waals surface area (Å²) in [6.45, 7) is 5.65. The Balaban J connectivity index is 1.36. The molecule has 2 aliphatic heterocycles. The van der Waals surface area contributed by atoms with E-state index in [9.17, 15) is 4.79 Å². The van der Waals surface area contributed by atoms with Crippen LogP contribution in [0.4, 0.5) is 5.69 Å². The first kappa shape index (κ1) is 21.8. The maximum atomic E-state index is 12.7. The summed E-state index contributed by atoms with van der Waals surface area (Å²) < 4.78 is 5.26. The second-order valence-corrected chi connectivity index (χ2v) is 8.90. The van der Waals surface area contributed by atoms with Gasteiger partial charge in [-0.15, -0.1) is 0 Å². The van der Waals surface area contributed by atoms with Crippen LogP contribution in [0.25, 0.3) is 0 Å². The third-order valence-electron chi connectivity index (χ3n) is 6.73. The molecule has 4 rings (SSSR count). The van der Waals surface area contributed by atoms with Crippen molar-refractivity contribution >= 4 is 11.6 Å². The molecule has 2 saturated heterocycles. The Labute approximate surface area is 186 Å². The number of ether oxygens (including phenoxy) is 1. The Morgan fingerprint density at radius 1 is 1.06 bits per heavy atom. The van der Waals surface area contributed by atoms with Gasteiger partial charge >= 0.3 is 0 Å². The SMILES string of the molecule is COc1cccc(NC(=O)CC[C@H]2CN(Cc3ccccc3)CC[C@H]2N2CCCC2)c1. The zero-order valence-corrected chi connectivity index (χ0v) is 18.6. The van der Waals surface area contributed by atoms with Gasteiger partial charge in [0.1, 0.15) is 5.75 Å². The highest BCUT2D eigenvalue weighted by Gasteiger charge is 2.34. The van der Waals surface area contributed by atoms with Crippen LogP contribution in [0.5, 0.6) is 5.75 Å². The minimum atomic E-state index is 0.0913. The zero-order chi connectivity index (χ0) is 21.5. The van der Waals surface area contributed by atoms with Crippen molar-refractivity contribution < 1.29 is 9.53 Å².